The largest absolute Gasteiger partial charge is 0.489 e. The molecule has 0 radical (unpaired) electrons. The predicted molar refractivity (Wildman–Crippen MR) is 71.6 cm³/mol. The van der Waals surface area contributed by atoms with Crippen LogP contribution in [0.1, 0.15) is 27.6 Å². The molecule has 0 atom stereocenters. The van der Waals surface area contributed by atoms with E-state index in [1.165, 1.54) is 25.1 Å². The average Bonchev–Trinajstić information content (AvgIpc) is 2.42. The van der Waals surface area contributed by atoms with Crippen LogP contribution in [0.5, 0.6) is 5.75 Å². The van der Waals surface area contributed by atoms with E-state index in [-0.39, 0.29) is 30.1 Å². The quantitative estimate of drug-likeness (QED) is 0.446. The van der Waals surface area contributed by atoms with Gasteiger partial charge in [0.05, 0.1) is 5.56 Å². The van der Waals surface area contributed by atoms with Crippen LogP contribution >= 0.6 is 0 Å². The lowest BCUT2D eigenvalue weighted by atomic mass is 10.1. The number of hydrogen-bond acceptors (Lipinski definition) is 5. The maximum atomic E-state index is 11.1. The lowest BCUT2D eigenvalue weighted by Crippen LogP contribution is -2.15. The predicted octanol–water partition coefficient (Wildman–Crippen LogP) is 1.58. The zero-order chi connectivity index (χ0) is 16.0. The second kappa shape index (κ2) is 7.09. The van der Waals surface area contributed by atoms with Gasteiger partial charge >= 0.3 is 17.9 Å². The van der Waals surface area contributed by atoms with Crippen LogP contribution in [0.4, 0.5) is 0 Å². The molecule has 0 aliphatic rings. The van der Waals surface area contributed by atoms with E-state index in [0.29, 0.717) is 0 Å². The minimum Gasteiger partial charge on any atom is -0.489 e. The highest BCUT2D eigenvalue weighted by Gasteiger charge is 2.21. The number of carbonyl (C=O) groups is 3. The highest BCUT2D eigenvalue weighted by molar-refractivity contribution is 6.03. The van der Waals surface area contributed by atoms with Gasteiger partial charge in [-0.15, -0.1) is 0 Å². The van der Waals surface area contributed by atoms with Gasteiger partial charge in [0.25, 0.3) is 0 Å². The summed E-state index contributed by atoms with van der Waals surface area (Å²) in [5.41, 5.74) is -0.593. The molecule has 7 heteroatoms. The Balaban J connectivity index is 2.78. The second-order valence-electron chi connectivity index (χ2n) is 4.05. The zero-order valence-corrected chi connectivity index (χ0v) is 11.3. The van der Waals surface area contributed by atoms with Crippen molar-refractivity contribution in [3.63, 3.8) is 0 Å². The number of carboxylic acid groups (broad SMARTS) is 2. The lowest BCUT2D eigenvalue weighted by molar-refractivity contribution is -0.139. The van der Waals surface area contributed by atoms with Crippen molar-refractivity contribution < 1.29 is 34.1 Å². The lowest BCUT2D eigenvalue weighted by Gasteiger charge is -2.11. The van der Waals surface area contributed by atoms with Crippen LogP contribution in [0.2, 0.25) is 0 Å². The van der Waals surface area contributed by atoms with Crippen LogP contribution in [0.3, 0.4) is 0 Å². The van der Waals surface area contributed by atoms with Gasteiger partial charge in [-0.3, -0.25) is 0 Å². The molecule has 0 saturated heterocycles. The summed E-state index contributed by atoms with van der Waals surface area (Å²) >= 11 is 0. The van der Waals surface area contributed by atoms with Crippen molar-refractivity contribution in [3.8, 4) is 5.75 Å². The maximum absolute atomic E-state index is 11.1. The Labute approximate surface area is 120 Å². The molecule has 0 amide bonds. The van der Waals surface area contributed by atoms with Gasteiger partial charge in [-0.25, -0.2) is 14.4 Å². The Bertz CT molecular complexity index is 589. The molecule has 21 heavy (non-hydrogen) atoms. The first kappa shape index (κ1) is 16.2. The van der Waals surface area contributed by atoms with E-state index in [0.717, 1.165) is 0 Å². The molecule has 0 saturated carbocycles. The minimum absolute atomic E-state index is 0.103. The number of esters is 1. The van der Waals surface area contributed by atoms with Gasteiger partial charge in [-0.05, 0) is 19.1 Å². The van der Waals surface area contributed by atoms with E-state index in [2.05, 4.69) is 6.58 Å². The van der Waals surface area contributed by atoms with Crippen molar-refractivity contribution in [2.45, 2.75) is 6.92 Å². The van der Waals surface area contributed by atoms with Crippen molar-refractivity contribution in [2.75, 3.05) is 13.2 Å². The van der Waals surface area contributed by atoms with Gasteiger partial charge < -0.3 is 19.7 Å². The van der Waals surface area contributed by atoms with Gasteiger partial charge in [0.1, 0.15) is 24.5 Å². The molecule has 7 nitrogen and oxygen atoms in total. The molecule has 2 N–H and O–H groups in total. The molecule has 1 aromatic carbocycles. The smallest absolute Gasteiger partial charge is 0.340 e. The zero-order valence-electron chi connectivity index (χ0n) is 11.3. The number of carboxylic acids is 2. The molecule has 0 unspecified atom stereocenters. The Kier molecular flexibility index (Phi) is 5.48. The number of benzene rings is 1. The van der Waals surface area contributed by atoms with Crippen molar-refractivity contribution >= 4 is 17.9 Å². The van der Waals surface area contributed by atoms with E-state index in [1.807, 2.05) is 0 Å². The summed E-state index contributed by atoms with van der Waals surface area (Å²) in [5.74, 6) is -3.47. The van der Waals surface area contributed by atoms with Crippen LogP contribution in [-0.4, -0.2) is 41.3 Å². The molecular formula is C14H14O7. The number of rotatable bonds is 7. The van der Waals surface area contributed by atoms with E-state index in [9.17, 15) is 14.4 Å². The van der Waals surface area contributed by atoms with Crippen LogP contribution in [-0.2, 0) is 9.53 Å². The summed E-state index contributed by atoms with van der Waals surface area (Å²) in [6.07, 6.45) is 0. The van der Waals surface area contributed by atoms with Crippen LogP contribution in [0, 0.1) is 0 Å². The second-order valence-corrected chi connectivity index (χ2v) is 4.05. The van der Waals surface area contributed by atoms with Crippen molar-refractivity contribution in [3.05, 3.63) is 41.5 Å². The Morgan fingerprint density at radius 1 is 1.14 bits per heavy atom. The minimum atomic E-state index is -1.41. The molecule has 1 rings (SSSR count). The van der Waals surface area contributed by atoms with Gasteiger partial charge in [0.2, 0.25) is 0 Å². The monoisotopic (exact) mass is 294 g/mol. The summed E-state index contributed by atoms with van der Waals surface area (Å²) < 4.78 is 9.94. The summed E-state index contributed by atoms with van der Waals surface area (Å²) in [4.78, 5) is 33.2. The molecule has 112 valence electrons. The highest BCUT2D eigenvalue weighted by atomic mass is 16.6. The maximum Gasteiger partial charge on any atom is 0.340 e. The van der Waals surface area contributed by atoms with Crippen molar-refractivity contribution in [2.24, 2.45) is 0 Å². The molecule has 0 spiro atoms. The number of carbonyl (C=O) groups excluding carboxylic acids is 1. The van der Waals surface area contributed by atoms with Crippen LogP contribution in [0.15, 0.2) is 30.4 Å². The number of aromatic carboxylic acids is 2. The Hall–Kier alpha value is -2.83. The SMILES string of the molecule is C=C(C)C(=O)OCCOc1cccc(C(=O)O)c1C(=O)O. The van der Waals surface area contributed by atoms with E-state index < -0.39 is 23.5 Å². The first-order valence-electron chi connectivity index (χ1n) is 5.89. The Morgan fingerprint density at radius 2 is 1.81 bits per heavy atom. The van der Waals surface area contributed by atoms with Gasteiger partial charge in [-0.2, -0.15) is 0 Å². The van der Waals surface area contributed by atoms with Gasteiger partial charge in [0, 0.05) is 5.57 Å². The number of hydrogen-bond donors (Lipinski definition) is 2. The summed E-state index contributed by atoms with van der Waals surface area (Å²) in [5, 5.41) is 18.0. The van der Waals surface area contributed by atoms with Crippen molar-refractivity contribution in [1.82, 2.24) is 0 Å². The normalized spacial score (nSPS) is 9.76. The summed E-state index contributed by atoms with van der Waals surface area (Å²) in [7, 11) is 0. The molecule has 0 bridgehead atoms. The standard InChI is InChI=1S/C14H14O7/c1-8(2)14(19)21-7-6-20-10-5-3-4-9(12(15)16)11(10)13(17)18/h3-5H,1,6-7H2,2H3,(H,15,16)(H,17,18). The van der Waals surface area contributed by atoms with E-state index in [4.69, 9.17) is 19.7 Å². The Morgan fingerprint density at radius 3 is 2.33 bits per heavy atom. The molecule has 0 fully saturated rings. The summed E-state index contributed by atoms with van der Waals surface area (Å²) in [6, 6.07) is 3.86. The molecular weight excluding hydrogens is 280 g/mol. The number of ether oxygens (including phenoxy) is 2. The topological polar surface area (TPSA) is 110 Å². The fourth-order valence-corrected chi connectivity index (χ4v) is 1.46. The molecule has 1 aromatic rings. The fourth-order valence-electron chi connectivity index (χ4n) is 1.46. The van der Waals surface area contributed by atoms with Crippen molar-refractivity contribution in [1.29, 1.82) is 0 Å². The van der Waals surface area contributed by atoms with Gasteiger partial charge in [-0.1, -0.05) is 12.6 Å². The summed E-state index contributed by atoms with van der Waals surface area (Å²) in [6.45, 7) is 4.67. The van der Waals surface area contributed by atoms with E-state index >= 15 is 0 Å². The van der Waals surface area contributed by atoms with Crippen LogP contribution in [0.25, 0.3) is 0 Å². The molecule has 0 aliphatic heterocycles. The average molecular weight is 294 g/mol. The van der Waals surface area contributed by atoms with Gasteiger partial charge in [0.15, 0.2) is 0 Å². The molecule has 0 aliphatic carbocycles. The van der Waals surface area contributed by atoms with Crippen LogP contribution < -0.4 is 4.74 Å². The first-order chi connectivity index (χ1) is 9.84. The molecule has 0 heterocycles. The third-order valence-corrected chi connectivity index (χ3v) is 2.39. The fraction of sp³-hybridized carbons (Fsp3) is 0.214. The highest BCUT2D eigenvalue weighted by Crippen LogP contribution is 2.22. The van der Waals surface area contributed by atoms with E-state index in [1.54, 1.807) is 0 Å². The third kappa shape index (κ3) is 4.34. The first-order valence-corrected chi connectivity index (χ1v) is 5.89. The molecule has 0 aromatic heterocycles. The third-order valence-electron chi connectivity index (χ3n) is 2.39.